The van der Waals surface area contributed by atoms with E-state index in [1.807, 2.05) is 39.8 Å². The molecular weight excluding hydrogens is 270 g/mol. The van der Waals surface area contributed by atoms with Gasteiger partial charge in [0.15, 0.2) is 0 Å². The molecule has 21 heavy (non-hydrogen) atoms. The van der Waals surface area contributed by atoms with E-state index in [-0.39, 0.29) is 18.1 Å². The standard InChI is InChI=1S/C15H27N3O3/c1-11-7-8-12(21-11)15(4,20)10-17-13(19)16-9-14(2,3)18(5)6/h7-8,20H,9-10H2,1-6H3,(H2,16,17,19). The minimum absolute atomic E-state index is 0.0776. The number of carbonyl (C=O) groups excluding carboxylic acids is 1. The third-order valence-electron chi connectivity index (χ3n) is 3.76. The molecule has 0 fully saturated rings. The smallest absolute Gasteiger partial charge is 0.314 e. The maximum absolute atomic E-state index is 11.8. The second-order valence-electron chi connectivity index (χ2n) is 6.43. The average Bonchev–Trinajstić information content (AvgIpc) is 2.81. The monoisotopic (exact) mass is 297 g/mol. The van der Waals surface area contributed by atoms with Crippen LogP contribution in [0.3, 0.4) is 0 Å². The number of nitrogens with one attached hydrogen (secondary N) is 2. The predicted molar refractivity (Wildman–Crippen MR) is 82.2 cm³/mol. The lowest BCUT2D eigenvalue weighted by molar-refractivity contribution is 0.0358. The van der Waals surface area contributed by atoms with Crippen molar-refractivity contribution in [3.8, 4) is 0 Å². The van der Waals surface area contributed by atoms with Crippen molar-refractivity contribution in [1.82, 2.24) is 15.5 Å². The molecule has 0 aliphatic heterocycles. The number of amides is 2. The van der Waals surface area contributed by atoms with Gasteiger partial charge in [0.05, 0.1) is 6.54 Å². The van der Waals surface area contributed by atoms with Crippen LogP contribution in [0.25, 0.3) is 0 Å². The first kappa shape index (κ1) is 17.5. The lowest BCUT2D eigenvalue weighted by Crippen LogP contribution is -2.51. The van der Waals surface area contributed by atoms with Crippen LogP contribution in [0.2, 0.25) is 0 Å². The van der Waals surface area contributed by atoms with Gasteiger partial charge in [-0.2, -0.15) is 0 Å². The number of aryl methyl sites for hydroxylation is 1. The number of rotatable bonds is 6. The van der Waals surface area contributed by atoms with E-state index in [1.54, 1.807) is 19.1 Å². The van der Waals surface area contributed by atoms with Crippen LogP contribution in [0, 0.1) is 6.92 Å². The summed E-state index contributed by atoms with van der Waals surface area (Å²) >= 11 is 0. The second-order valence-corrected chi connectivity index (χ2v) is 6.43. The number of likely N-dealkylation sites (N-methyl/N-ethyl adjacent to an activating group) is 1. The third-order valence-corrected chi connectivity index (χ3v) is 3.76. The molecule has 1 aromatic heterocycles. The molecule has 1 aromatic rings. The number of hydrogen-bond acceptors (Lipinski definition) is 4. The van der Waals surface area contributed by atoms with Gasteiger partial charge in [0, 0.05) is 12.1 Å². The van der Waals surface area contributed by atoms with E-state index >= 15 is 0 Å². The van der Waals surface area contributed by atoms with E-state index in [0.29, 0.717) is 12.3 Å². The fourth-order valence-electron chi connectivity index (χ4n) is 1.58. The lowest BCUT2D eigenvalue weighted by Gasteiger charge is -2.32. The van der Waals surface area contributed by atoms with Crippen LogP contribution >= 0.6 is 0 Å². The topological polar surface area (TPSA) is 77.7 Å². The average molecular weight is 297 g/mol. The van der Waals surface area contributed by atoms with E-state index < -0.39 is 5.60 Å². The molecule has 6 heteroatoms. The summed E-state index contributed by atoms with van der Waals surface area (Å²) in [6.45, 7) is 8.07. The highest BCUT2D eigenvalue weighted by atomic mass is 16.4. The van der Waals surface area contributed by atoms with Gasteiger partial charge in [0.2, 0.25) is 0 Å². The Morgan fingerprint density at radius 2 is 1.81 bits per heavy atom. The molecule has 0 spiro atoms. The summed E-state index contributed by atoms with van der Waals surface area (Å²) in [7, 11) is 3.92. The maximum atomic E-state index is 11.8. The Morgan fingerprint density at radius 1 is 1.24 bits per heavy atom. The van der Waals surface area contributed by atoms with Gasteiger partial charge >= 0.3 is 6.03 Å². The molecule has 0 saturated heterocycles. The zero-order chi connectivity index (χ0) is 16.3. The number of hydrogen-bond donors (Lipinski definition) is 3. The summed E-state index contributed by atoms with van der Waals surface area (Å²) in [5.74, 6) is 1.16. The van der Waals surface area contributed by atoms with Crippen LogP contribution in [-0.2, 0) is 5.60 Å². The molecule has 120 valence electrons. The zero-order valence-corrected chi connectivity index (χ0v) is 13.8. The van der Waals surface area contributed by atoms with Crippen LogP contribution in [-0.4, -0.2) is 48.8 Å². The SMILES string of the molecule is Cc1ccc(C(C)(O)CNC(=O)NCC(C)(C)N(C)C)o1. The van der Waals surface area contributed by atoms with Crippen LogP contribution < -0.4 is 10.6 Å². The maximum Gasteiger partial charge on any atom is 0.314 e. The van der Waals surface area contributed by atoms with E-state index in [0.717, 1.165) is 5.76 Å². The molecule has 6 nitrogen and oxygen atoms in total. The molecular formula is C15H27N3O3. The molecule has 2 amide bonds. The summed E-state index contributed by atoms with van der Waals surface area (Å²) in [4.78, 5) is 13.8. The quantitative estimate of drug-likeness (QED) is 0.742. The third kappa shape index (κ3) is 5.06. The molecule has 1 atom stereocenters. The molecule has 1 heterocycles. The van der Waals surface area contributed by atoms with Gasteiger partial charge in [0.25, 0.3) is 0 Å². The van der Waals surface area contributed by atoms with Crippen molar-refractivity contribution in [3.05, 3.63) is 23.7 Å². The van der Waals surface area contributed by atoms with E-state index in [9.17, 15) is 9.90 Å². The van der Waals surface area contributed by atoms with Crippen molar-refractivity contribution in [2.45, 2.75) is 38.8 Å². The summed E-state index contributed by atoms with van der Waals surface area (Å²) in [5, 5.41) is 15.8. The van der Waals surface area contributed by atoms with Crippen LogP contribution in [0.4, 0.5) is 4.79 Å². The zero-order valence-electron chi connectivity index (χ0n) is 13.8. The molecule has 1 rings (SSSR count). The minimum Gasteiger partial charge on any atom is -0.463 e. The summed E-state index contributed by atoms with van der Waals surface area (Å²) in [6, 6.07) is 3.18. The highest BCUT2D eigenvalue weighted by Gasteiger charge is 2.28. The largest absolute Gasteiger partial charge is 0.463 e. The van der Waals surface area contributed by atoms with Gasteiger partial charge in [0.1, 0.15) is 17.1 Å². The van der Waals surface area contributed by atoms with Gasteiger partial charge in [-0.15, -0.1) is 0 Å². The molecule has 3 N–H and O–H groups in total. The van der Waals surface area contributed by atoms with Crippen LogP contribution in [0.15, 0.2) is 16.5 Å². The Hall–Kier alpha value is -1.53. The Bertz CT molecular complexity index is 478. The molecule has 0 aliphatic carbocycles. The molecule has 0 aromatic carbocycles. The summed E-state index contributed by atoms with van der Waals surface area (Å²) in [6.07, 6.45) is 0. The molecule has 1 unspecified atom stereocenters. The van der Waals surface area contributed by atoms with Crippen molar-refractivity contribution < 1.29 is 14.3 Å². The fourth-order valence-corrected chi connectivity index (χ4v) is 1.58. The fraction of sp³-hybridized carbons (Fsp3) is 0.667. The minimum atomic E-state index is -1.23. The highest BCUT2D eigenvalue weighted by molar-refractivity contribution is 5.74. The molecule has 0 saturated carbocycles. The lowest BCUT2D eigenvalue weighted by atomic mass is 10.0. The number of urea groups is 1. The predicted octanol–water partition coefficient (Wildman–Crippen LogP) is 1.43. The first-order chi connectivity index (χ1) is 9.54. The highest BCUT2D eigenvalue weighted by Crippen LogP contribution is 2.21. The molecule has 0 aliphatic rings. The van der Waals surface area contributed by atoms with Gasteiger partial charge in [-0.1, -0.05) is 0 Å². The normalized spacial score (nSPS) is 14.9. The number of nitrogens with zero attached hydrogens (tertiary/aromatic N) is 1. The van der Waals surface area contributed by atoms with Crippen LogP contribution in [0.1, 0.15) is 32.3 Å². The van der Waals surface area contributed by atoms with Gasteiger partial charge in [-0.3, -0.25) is 0 Å². The van der Waals surface area contributed by atoms with Gasteiger partial charge in [-0.25, -0.2) is 4.79 Å². The van der Waals surface area contributed by atoms with E-state index in [4.69, 9.17) is 4.42 Å². The summed E-state index contributed by atoms with van der Waals surface area (Å²) < 4.78 is 5.40. The van der Waals surface area contributed by atoms with Gasteiger partial charge in [-0.05, 0) is 53.9 Å². The second kappa shape index (κ2) is 6.49. The Morgan fingerprint density at radius 3 is 2.29 bits per heavy atom. The van der Waals surface area contributed by atoms with Crippen LogP contribution in [0.5, 0.6) is 0 Å². The first-order valence-corrected chi connectivity index (χ1v) is 7.03. The summed E-state index contributed by atoms with van der Waals surface area (Å²) in [5.41, 5.74) is -1.37. The van der Waals surface area contributed by atoms with E-state index in [1.165, 1.54) is 0 Å². The first-order valence-electron chi connectivity index (χ1n) is 7.03. The van der Waals surface area contributed by atoms with Crippen molar-refractivity contribution in [1.29, 1.82) is 0 Å². The Labute approximate surface area is 126 Å². The Balaban J connectivity index is 2.46. The number of carbonyl (C=O) groups is 1. The van der Waals surface area contributed by atoms with Crippen molar-refractivity contribution in [3.63, 3.8) is 0 Å². The van der Waals surface area contributed by atoms with Crippen molar-refractivity contribution in [2.75, 3.05) is 27.2 Å². The van der Waals surface area contributed by atoms with E-state index in [2.05, 4.69) is 10.6 Å². The molecule has 0 radical (unpaired) electrons. The molecule has 0 bridgehead atoms. The van der Waals surface area contributed by atoms with Crippen molar-refractivity contribution >= 4 is 6.03 Å². The van der Waals surface area contributed by atoms with Crippen molar-refractivity contribution in [2.24, 2.45) is 0 Å². The van der Waals surface area contributed by atoms with Gasteiger partial charge < -0.3 is 25.1 Å². The number of furan rings is 1. The Kier molecular flexibility index (Phi) is 5.42. The number of aliphatic hydroxyl groups is 1.